The first kappa shape index (κ1) is 12.7. The second kappa shape index (κ2) is 5.66. The van der Waals surface area contributed by atoms with E-state index in [0.29, 0.717) is 12.8 Å². The number of aryl methyl sites for hydroxylation is 1. The van der Waals surface area contributed by atoms with Crippen LogP contribution < -0.4 is 0 Å². The van der Waals surface area contributed by atoms with E-state index in [-0.39, 0.29) is 11.5 Å². The first-order chi connectivity index (χ1) is 7.53. The molecule has 16 heavy (non-hydrogen) atoms. The number of hydrogen-bond donors (Lipinski definition) is 0. The average Bonchev–Trinajstić information content (AvgIpc) is 2.17. The Kier molecular flexibility index (Phi) is 4.51. The summed E-state index contributed by atoms with van der Waals surface area (Å²) in [4.78, 5) is 0. The molecule has 0 radical (unpaired) electrons. The molecule has 0 unspecified atom stereocenters. The van der Waals surface area contributed by atoms with E-state index in [4.69, 9.17) is 5.26 Å². The Hall–Kier alpha value is -1.34. The van der Waals surface area contributed by atoms with Crippen LogP contribution in [0.1, 0.15) is 24.0 Å². The van der Waals surface area contributed by atoms with Gasteiger partial charge in [0.2, 0.25) is 0 Å². The molecule has 0 saturated heterocycles. The van der Waals surface area contributed by atoms with Gasteiger partial charge in [0, 0.05) is 6.42 Å². The van der Waals surface area contributed by atoms with Gasteiger partial charge in [0.05, 0.1) is 17.6 Å². The zero-order valence-electron chi connectivity index (χ0n) is 9.31. The maximum atomic E-state index is 11.7. The molecule has 86 valence electrons. The minimum atomic E-state index is -3.07. The van der Waals surface area contributed by atoms with Gasteiger partial charge in [0.25, 0.3) is 0 Å². The van der Waals surface area contributed by atoms with Crippen molar-refractivity contribution >= 4 is 9.84 Å². The van der Waals surface area contributed by atoms with Gasteiger partial charge < -0.3 is 0 Å². The fourth-order valence-corrected chi connectivity index (χ4v) is 2.92. The summed E-state index contributed by atoms with van der Waals surface area (Å²) in [5.41, 5.74) is 1.88. The van der Waals surface area contributed by atoms with Gasteiger partial charge in [-0.2, -0.15) is 5.26 Å². The summed E-state index contributed by atoms with van der Waals surface area (Å²) in [6, 6.07) is 9.43. The van der Waals surface area contributed by atoms with Crippen LogP contribution in [0.3, 0.4) is 0 Å². The topological polar surface area (TPSA) is 57.9 Å². The molecule has 0 heterocycles. The number of sulfone groups is 1. The zero-order chi connectivity index (χ0) is 12.0. The van der Waals surface area contributed by atoms with Gasteiger partial charge in [0.15, 0.2) is 9.84 Å². The van der Waals surface area contributed by atoms with Crippen molar-refractivity contribution in [2.75, 3.05) is 5.75 Å². The molecular weight excluding hydrogens is 222 g/mol. The van der Waals surface area contributed by atoms with Crippen molar-refractivity contribution in [2.45, 2.75) is 25.5 Å². The Morgan fingerprint density at radius 2 is 2.12 bits per heavy atom. The fraction of sp³-hybridized carbons (Fsp3) is 0.417. The molecule has 0 aromatic heterocycles. The molecule has 0 N–H and O–H groups in total. The SMILES string of the molecule is Cc1cccc(CS(=O)(=O)CCCC#N)c1. The van der Waals surface area contributed by atoms with Crippen molar-refractivity contribution in [2.24, 2.45) is 0 Å². The highest BCUT2D eigenvalue weighted by Crippen LogP contribution is 2.10. The smallest absolute Gasteiger partial charge is 0.154 e. The lowest BCUT2D eigenvalue weighted by Crippen LogP contribution is -2.09. The highest BCUT2D eigenvalue weighted by molar-refractivity contribution is 7.90. The van der Waals surface area contributed by atoms with Crippen LogP contribution in [0.5, 0.6) is 0 Å². The summed E-state index contributed by atoms with van der Waals surface area (Å²) >= 11 is 0. The van der Waals surface area contributed by atoms with Gasteiger partial charge >= 0.3 is 0 Å². The van der Waals surface area contributed by atoms with Crippen LogP contribution in [0.4, 0.5) is 0 Å². The maximum Gasteiger partial charge on any atom is 0.154 e. The molecule has 0 amide bonds. The predicted molar refractivity (Wildman–Crippen MR) is 63.5 cm³/mol. The summed E-state index contributed by atoms with van der Waals surface area (Å²) in [6.45, 7) is 1.94. The summed E-state index contributed by atoms with van der Waals surface area (Å²) in [7, 11) is -3.07. The van der Waals surface area contributed by atoms with Crippen molar-refractivity contribution in [3.05, 3.63) is 35.4 Å². The summed E-state index contributed by atoms with van der Waals surface area (Å²) < 4.78 is 23.4. The molecule has 0 atom stereocenters. The number of nitriles is 1. The molecule has 1 aromatic rings. The van der Waals surface area contributed by atoms with E-state index in [1.54, 1.807) is 0 Å². The van der Waals surface area contributed by atoms with E-state index in [1.807, 2.05) is 37.3 Å². The fourth-order valence-electron chi connectivity index (χ4n) is 1.50. The number of rotatable bonds is 5. The quantitative estimate of drug-likeness (QED) is 0.738. The first-order valence-electron chi connectivity index (χ1n) is 5.16. The molecule has 4 heteroatoms. The van der Waals surface area contributed by atoms with Gasteiger partial charge in [-0.15, -0.1) is 0 Å². The number of hydrogen-bond acceptors (Lipinski definition) is 3. The average molecular weight is 237 g/mol. The van der Waals surface area contributed by atoms with Crippen LogP contribution in [0.15, 0.2) is 24.3 Å². The molecule has 0 spiro atoms. The number of benzene rings is 1. The normalized spacial score (nSPS) is 11.0. The number of nitrogens with zero attached hydrogens (tertiary/aromatic N) is 1. The third-order valence-electron chi connectivity index (χ3n) is 2.21. The van der Waals surface area contributed by atoms with Gasteiger partial charge in [-0.25, -0.2) is 8.42 Å². The Bertz CT molecular complexity index is 486. The predicted octanol–water partition coefficient (Wildman–Crippen LogP) is 2.21. The van der Waals surface area contributed by atoms with Crippen LogP contribution in [-0.4, -0.2) is 14.2 Å². The van der Waals surface area contributed by atoms with Crippen molar-refractivity contribution in [1.29, 1.82) is 5.26 Å². The van der Waals surface area contributed by atoms with E-state index >= 15 is 0 Å². The Balaban J connectivity index is 2.63. The molecule has 0 bridgehead atoms. The van der Waals surface area contributed by atoms with Crippen LogP contribution in [0.2, 0.25) is 0 Å². The molecule has 0 saturated carbocycles. The standard InChI is InChI=1S/C12H15NO2S/c1-11-5-4-6-12(9-11)10-16(14,15)8-3-2-7-13/h4-6,9H,2-3,8,10H2,1H3. The third-order valence-corrected chi connectivity index (χ3v) is 3.90. The molecule has 1 aromatic carbocycles. The third kappa shape index (κ3) is 4.45. The summed E-state index contributed by atoms with van der Waals surface area (Å²) in [5.74, 6) is 0.161. The lowest BCUT2D eigenvalue weighted by atomic mass is 10.2. The number of unbranched alkanes of at least 4 members (excludes halogenated alkanes) is 1. The maximum absolute atomic E-state index is 11.7. The van der Waals surface area contributed by atoms with E-state index in [0.717, 1.165) is 11.1 Å². The first-order valence-corrected chi connectivity index (χ1v) is 6.98. The van der Waals surface area contributed by atoms with Gasteiger partial charge in [-0.1, -0.05) is 29.8 Å². The van der Waals surface area contributed by atoms with E-state index in [2.05, 4.69) is 0 Å². The Morgan fingerprint density at radius 3 is 2.75 bits per heavy atom. The Labute approximate surface area is 96.6 Å². The molecule has 1 rings (SSSR count). The Morgan fingerprint density at radius 1 is 1.38 bits per heavy atom. The highest BCUT2D eigenvalue weighted by atomic mass is 32.2. The summed E-state index contributed by atoms with van der Waals surface area (Å²) in [5, 5.41) is 8.34. The van der Waals surface area contributed by atoms with Crippen LogP contribution >= 0.6 is 0 Å². The van der Waals surface area contributed by atoms with E-state index in [9.17, 15) is 8.42 Å². The van der Waals surface area contributed by atoms with Crippen LogP contribution in [-0.2, 0) is 15.6 Å². The lowest BCUT2D eigenvalue weighted by Gasteiger charge is -2.04. The minimum Gasteiger partial charge on any atom is -0.228 e. The van der Waals surface area contributed by atoms with Crippen molar-refractivity contribution < 1.29 is 8.42 Å². The second-order valence-electron chi connectivity index (χ2n) is 3.84. The van der Waals surface area contributed by atoms with E-state index in [1.165, 1.54) is 0 Å². The van der Waals surface area contributed by atoms with Crippen LogP contribution in [0.25, 0.3) is 0 Å². The zero-order valence-corrected chi connectivity index (χ0v) is 10.1. The van der Waals surface area contributed by atoms with Gasteiger partial charge in [-0.05, 0) is 18.9 Å². The molecule has 3 nitrogen and oxygen atoms in total. The van der Waals surface area contributed by atoms with Gasteiger partial charge in [-0.3, -0.25) is 0 Å². The van der Waals surface area contributed by atoms with Gasteiger partial charge in [0.1, 0.15) is 0 Å². The molecule has 0 aliphatic heterocycles. The highest BCUT2D eigenvalue weighted by Gasteiger charge is 2.11. The minimum absolute atomic E-state index is 0.0696. The molecule has 0 aliphatic rings. The monoisotopic (exact) mass is 237 g/mol. The van der Waals surface area contributed by atoms with Crippen molar-refractivity contribution in [3.8, 4) is 6.07 Å². The van der Waals surface area contributed by atoms with E-state index < -0.39 is 9.84 Å². The lowest BCUT2D eigenvalue weighted by molar-refractivity contribution is 0.593. The second-order valence-corrected chi connectivity index (χ2v) is 6.03. The summed E-state index contributed by atoms with van der Waals surface area (Å²) in [6.07, 6.45) is 0.720. The molecular formula is C12H15NO2S. The van der Waals surface area contributed by atoms with Crippen molar-refractivity contribution in [3.63, 3.8) is 0 Å². The largest absolute Gasteiger partial charge is 0.228 e. The molecule has 0 fully saturated rings. The van der Waals surface area contributed by atoms with Crippen molar-refractivity contribution in [1.82, 2.24) is 0 Å². The molecule has 0 aliphatic carbocycles. The van der Waals surface area contributed by atoms with Crippen LogP contribution in [0, 0.1) is 18.3 Å².